The minimum Gasteiger partial charge on any atom is -0.756 e. The summed E-state index contributed by atoms with van der Waals surface area (Å²) in [7, 11) is 1.19. The van der Waals surface area contributed by atoms with Gasteiger partial charge in [0.25, 0.3) is 7.82 Å². The maximum absolute atomic E-state index is 12.8. The molecule has 0 bridgehead atoms. The number of rotatable bonds is 60. The number of quaternary nitrogens is 1. The molecule has 0 aromatic heterocycles. The van der Waals surface area contributed by atoms with Crippen LogP contribution >= 0.6 is 7.82 Å². The summed E-state index contributed by atoms with van der Waals surface area (Å²) in [5, 5.41) is 0. The van der Waals surface area contributed by atoms with E-state index in [9.17, 15) is 19.0 Å². The van der Waals surface area contributed by atoms with Crippen LogP contribution in [0.15, 0.2) is 0 Å². The zero-order valence-corrected chi connectivity index (χ0v) is 49.8. The minimum atomic E-state index is -4.63. The van der Waals surface area contributed by atoms with Gasteiger partial charge in [0.2, 0.25) is 0 Å². The Labute approximate surface area is 448 Å². The Morgan fingerprint density at radius 3 is 0.889 bits per heavy atom. The van der Waals surface area contributed by atoms with Gasteiger partial charge in [0, 0.05) is 12.8 Å². The molecule has 0 aliphatic carbocycles. The summed E-state index contributed by atoms with van der Waals surface area (Å²) in [4.78, 5) is 37.9. The van der Waals surface area contributed by atoms with Crippen molar-refractivity contribution in [3.05, 3.63) is 0 Å². The minimum absolute atomic E-state index is 0.0251. The van der Waals surface area contributed by atoms with Crippen LogP contribution in [0.3, 0.4) is 0 Å². The Hall–Kier alpha value is -0.990. The summed E-state index contributed by atoms with van der Waals surface area (Å²) in [5.74, 6) is -0.809. The van der Waals surface area contributed by atoms with Crippen molar-refractivity contribution in [2.24, 2.45) is 0 Å². The fourth-order valence-electron chi connectivity index (χ4n) is 9.72. The molecule has 72 heavy (non-hydrogen) atoms. The smallest absolute Gasteiger partial charge is 0.306 e. The van der Waals surface area contributed by atoms with Gasteiger partial charge >= 0.3 is 11.9 Å². The lowest BCUT2D eigenvalue weighted by molar-refractivity contribution is -0.870. The molecule has 0 saturated heterocycles. The lowest BCUT2D eigenvalue weighted by Gasteiger charge is -2.28. The maximum atomic E-state index is 12.8. The van der Waals surface area contributed by atoms with Crippen LogP contribution in [0.1, 0.15) is 335 Å². The number of hydrogen-bond donors (Lipinski definition) is 0. The predicted octanol–water partition coefficient (Wildman–Crippen LogP) is 19.2. The summed E-state index contributed by atoms with van der Waals surface area (Å²) >= 11 is 0. The third kappa shape index (κ3) is 58.3. The number of ether oxygens (including phenoxy) is 2. The molecule has 9 nitrogen and oxygen atoms in total. The molecule has 0 spiro atoms. The van der Waals surface area contributed by atoms with Gasteiger partial charge in [0.05, 0.1) is 27.7 Å². The Bertz CT molecular complexity index is 1180. The second-order valence-corrected chi connectivity index (χ2v) is 24.6. The van der Waals surface area contributed by atoms with Crippen molar-refractivity contribution in [3.8, 4) is 0 Å². The van der Waals surface area contributed by atoms with Crippen molar-refractivity contribution >= 4 is 19.8 Å². The standard InChI is InChI=1S/C62H124NO8P/c1-6-8-10-12-14-16-18-20-22-23-24-25-26-27-28-29-30-31-32-33-34-35-36-37-38-39-41-43-45-47-49-51-53-55-62(65)71-60(59-70-72(66,67)69-57-56-63(3,4)5)58-68-61(64)54-52-50-48-46-44-42-40-21-19-17-15-13-11-9-7-2/h60H,6-59H2,1-5H3. The van der Waals surface area contributed by atoms with Gasteiger partial charge in [0.15, 0.2) is 6.10 Å². The number of carbonyl (C=O) groups is 2. The summed E-state index contributed by atoms with van der Waals surface area (Å²) < 4.78 is 34.2. The highest BCUT2D eigenvalue weighted by atomic mass is 31.2. The fraction of sp³-hybridized carbons (Fsp3) is 0.968. The summed E-state index contributed by atoms with van der Waals surface area (Å²) in [5.41, 5.74) is 0. The van der Waals surface area contributed by atoms with Gasteiger partial charge in [0.1, 0.15) is 19.8 Å². The van der Waals surface area contributed by atoms with Crippen molar-refractivity contribution in [1.82, 2.24) is 0 Å². The van der Waals surface area contributed by atoms with Crippen molar-refractivity contribution in [2.45, 2.75) is 341 Å². The van der Waals surface area contributed by atoms with Gasteiger partial charge in [-0.3, -0.25) is 14.2 Å². The quantitative estimate of drug-likeness (QED) is 0.0256. The van der Waals surface area contributed by atoms with Crippen LogP contribution in [0, 0.1) is 0 Å². The molecular weight excluding hydrogens is 918 g/mol. The second-order valence-electron chi connectivity index (χ2n) is 23.1. The van der Waals surface area contributed by atoms with E-state index in [0.717, 1.165) is 32.1 Å². The van der Waals surface area contributed by atoms with Crippen LogP contribution < -0.4 is 4.89 Å². The fourth-order valence-corrected chi connectivity index (χ4v) is 10.4. The summed E-state index contributed by atoms with van der Waals surface area (Å²) in [6.07, 6.45) is 63.2. The third-order valence-corrected chi connectivity index (χ3v) is 15.6. The first kappa shape index (κ1) is 71.0. The SMILES string of the molecule is CCCCCCCCCCCCCCCCCCCCCCCCCCCCCCCCCCCC(=O)OC(COC(=O)CCCCCCCCCCCCCCCCC)COP(=O)([O-])OCC[N+](C)(C)C. The van der Waals surface area contributed by atoms with Gasteiger partial charge in [-0.05, 0) is 12.8 Å². The first-order valence-corrected chi connectivity index (χ1v) is 33.2. The number of unbranched alkanes of at least 4 members (excludes halogenated alkanes) is 46. The van der Waals surface area contributed by atoms with Gasteiger partial charge in [-0.1, -0.05) is 309 Å². The van der Waals surface area contributed by atoms with E-state index in [4.69, 9.17) is 18.5 Å². The lowest BCUT2D eigenvalue weighted by atomic mass is 10.0. The topological polar surface area (TPSA) is 111 Å². The van der Waals surface area contributed by atoms with Crippen LogP contribution in [-0.2, 0) is 32.7 Å². The molecule has 0 aromatic carbocycles. The highest BCUT2D eigenvalue weighted by molar-refractivity contribution is 7.45. The van der Waals surface area contributed by atoms with Crippen LogP contribution in [0.25, 0.3) is 0 Å². The Morgan fingerprint density at radius 1 is 0.375 bits per heavy atom. The average Bonchev–Trinajstić information content (AvgIpc) is 3.34. The number of phosphoric acid groups is 1. The largest absolute Gasteiger partial charge is 0.756 e. The maximum Gasteiger partial charge on any atom is 0.306 e. The lowest BCUT2D eigenvalue weighted by Crippen LogP contribution is -2.37. The summed E-state index contributed by atoms with van der Waals surface area (Å²) in [6, 6.07) is 0. The molecule has 0 aromatic rings. The monoisotopic (exact) mass is 1040 g/mol. The third-order valence-electron chi connectivity index (χ3n) is 14.6. The molecule has 0 N–H and O–H groups in total. The molecule has 0 aliphatic rings. The molecule has 0 fully saturated rings. The van der Waals surface area contributed by atoms with Crippen LogP contribution in [-0.4, -0.2) is 70.0 Å². The van der Waals surface area contributed by atoms with E-state index in [1.807, 2.05) is 21.1 Å². The zero-order valence-electron chi connectivity index (χ0n) is 48.9. The molecule has 0 heterocycles. The first-order chi connectivity index (χ1) is 35.0. The van der Waals surface area contributed by atoms with E-state index in [1.54, 1.807) is 0 Å². The van der Waals surface area contributed by atoms with E-state index >= 15 is 0 Å². The number of esters is 2. The Morgan fingerprint density at radius 2 is 0.625 bits per heavy atom. The molecular formula is C62H124NO8P. The van der Waals surface area contributed by atoms with E-state index in [0.29, 0.717) is 17.4 Å². The van der Waals surface area contributed by atoms with E-state index < -0.39 is 26.5 Å². The number of carbonyl (C=O) groups excluding carboxylic acids is 2. The highest BCUT2D eigenvalue weighted by Crippen LogP contribution is 2.38. The van der Waals surface area contributed by atoms with Crippen molar-refractivity contribution in [1.29, 1.82) is 0 Å². The van der Waals surface area contributed by atoms with Gasteiger partial charge in [-0.15, -0.1) is 0 Å². The molecule has 0 rings (SSSR count). The van der Waals surface area contributed by atoms with Crippen LogP contribution in [0.5, 0.6) is 0 Å². The second kappa shape index (κ2) is 54.8. The highest BCUT2D eigenvalue weighted by Gasteiger charge is 2.22. The molecule has 0 radical (unpaired) electrons. The van der Waals surface area contributed by atoms with Crippen LogP contribution in [0.4, 0.5) is 0 Å². The normalized spacial score (nSPS) is 13.1. The van der Waals surface area contributed by atoms with Gasteiger partial charge in [-0.25, -0.2) is 0 Å². The molecule has 10 heteroatoms. The molecule has 430 valence electrons. The van der Waals surface area contributed by atoms with E-state index in [-0.39, 0.29) is 32.0 Å². The number of nitrogens with zero attached hydrogens (tertiary/aromatic N) is 1. The van der Waals surface area contributed by atoms with Crippen molar-refractivity contribution in [3.63, 3.8) is 0 Å². The van der Waals surface area contributed by atoms with Crippen LogP contribution in [0.2, 0.25) is 0 Å². The van der Waals surface area contributed by atoms with E-state index in [2.05, 4.69) is 13.8 Å². The zero-order chi connectivity index (χ0) is 52.7. The summed E-state index contributed by atoms with van der Waals surface area (Å²) in [6.45, 7) is 4.31. The van der Waals surface area contributed by atoms with Crippen molar-refractivity contribution < 1.29 is 42.1 Å². The predicted molar refractivity (Wildman–Crippen MR) is 305 cm³/mol. The molecule has 2 unspecified atom stereocenters. The van der Waals surface area contributed by atoms with Crippen molar-refractivity contribution in [2.75, 3.05) is 47.5 Å². The molecule has 0 amide bonds. The number of hydrogen-bond acceptors (Lipinski definition) is 8. The number of likely N-dealkylation sites (N-methyl/N-ethyl adjacent to an activating group) is 1. The van der Waals surface area contributed by atoms with Gasteiger partial charge < -0.3 is 27.9 Å². The molecule has 2 atom stereocenters. The average molecular weight is 1040 g/mol. The van der Waals surface area contributed by atoms with Gasteiger partial charge in [-0.2, -0.15) is 0 Å². The number of phosphoric ester groups is 1. The molecule has 0 aliphatic heterocycles. The Kier molecular flexibility index (Phi) is 54.0. The Balaban J connectivity index is 3.93. The first-order valence-electron chi connectivity index (χ1n) is 31.7. The molecule has 0 saturated carbocycles. The van der Waals surface area contributed by atoms with E-state index in [1.165, 1.54) is 270 Å².